The lowest BCUT2D eigenvalue weighted by atomic mass is 10.1. The zero-order valence-electron chi connectivity index (χ0n) is 10.5. The van der Waals surface area contributed by atoms with Crippen LogP contribution < -0.4 is 4.90 Å². The fraction of sp³-hybridized carbons (Fsp3) is 0.667. The van der Waals surface area contributed by atoms with Gasteiger partial charge < -0.3 is 9.64 Å². The third-order valence-electron chi connectivity index (χ3n) is 3.26. The molecule has 1 aromatic rings. The lowest BCUT2D eigenvalue weighted by Crippen LogP contribution is -2.40. The highest BCUT2D eigenvalue weighted by Gasteiger charge is 2.23. The van der Waals surface area contributed by atoms with Gasteiger partial charge in [0.1, 0.15) is 0 Å². The van der Waals surface area contributed by atoms with Crippen LogP contribution in [0.15, 0.2) is 0 Å². The van der Waals surface area contributed by atoms with E-state index in [0.717, 1.165) is 43.1 Å². The number of methoxy groups -OCH3 is 1. The zero-order valence-corrected chi connectivity index (χ0v) is 11.3. The molecule has 0 saturated carbocycles. The summed E-state index contributed by atoms with van der Waals surface area (Å²) in [6.45, 7) is 5.69. The van der Waals surface area contributed by atoms with Gasteiger partial charge in [-0.2, -0.15) is 0 Å². The van der Waals surface area contributed by atoms with Crippen LogP contribution in [0.1, 0.15) is 24.2 Å². The van der Waals surface area contributed by atoms with Crippen LogP contribution in [-0.4, -0.2) is 36.3 Å². The standard InChI is InChI=1S/C12H18ClN3O/c1-8-9(2)15-12(11(13)14-8)16-6-4-5-10(7-16)17-3/h10H,4-7H2,1-3H3. The number of nitrogens with zero attached hydrogens (tertiary/aromatic N) is 3. The van der Waals surface area contributed by atoms with E-state index in [2.05, 4.69) is 14.9 Å². The van der Waals surface area contributed by atoms with Crippen LogP contribution in [0.4, 0.5) is 5.82 Å². The summed E-state index contributed by atoms with van der Waals surface area (Å²) in [6.07, 6.45) is 2.47. The Balaban J connectivity index is 2.24. The number of aryl methyl sites for hydroxylation is 2. The van der Waals surface area contributed by atoms with Crippen molar-refractivity contribution in [3.63, 3.8) is 0 Å². The highest BCUT2D eigenvalue weighted by Crippen LogP contribution is 2.26. The molecule has 1 atom stereocenters. The van der Waals surface area contributed by atoms with E-state index < -0.39 is 0 Å². The minimum Gasteiger partial charge on any atom is -0.380 e. The lowest BCUT2D eigenvalue weighted by molar-refractivity contribution is 0.0891. The first kappa shape index (κ1) is 12.6. The van der Waals surface area contributed by atoms with Crippen molar-refractivity contribution in [2.45, 2.75) is 32.8 Å². The summed E-state index contributed by atoms with van der Waals surface area (Å²) in [5, 5.41) is 0.491. The Morgan fingerprint density at radius 2 is 2.00 bits per heavy atom. The van der Waals surface area contributed by atoms with Crippen LogP contribution >= 0.6 is 11.6 Å². The van der Waals surface area contributed by atoms with E-state index in [4.69, 9.17) is 16.3 Å². The summed E-state index contributed by atoms with van der Waals surface area (Å²) in [6, 6.07) is 0. The van der Waals surface area contributed by atoms with E-state index in [0.29, 0.717) is 5.15 Å². The predicted molar refractivity (Wildman–Crippen MR) is 68.8 cm³/mol. The molecule has 0 spiro atoms. The van der Waals surface area contributed by atoms with Crippen molar-refractivity contribution in [2.24, 2.45) is 0 Å². The molecular weight excluding hydrogens is 238 g/mol. The Bertz CT molecular complexity index is 411. The first-order valence-electron chi connectivity index (χ1n) is 5.90. The second kappa shape index (κ2) is 5.19. The van der Waals surface area contributed by atoms with Crippen molar-refractivity contribution in [3.8, 4) is 0 Å². The van der Waals surface area contributed by atoms with E-state index in [1.165, 1.54) is 0 Å². The van der Waals surface area contributed by atoms with Gasteiger partial charge >= 0.3 is 0 Å². The van der Waals surface area contributed by atoms with E-state index in [-0.39, 0.29) is 6.10 Å². The number of anilines is 1. The normalized spacial score (nSPS) is 20.7. The van der Waals surface area contributed by atoms with Crippen molar-refractivity contribution in [1.82, 2.24) is 9.97 Å². The summed E-state index contributed by atoms with van der Waals surface area (Å²) in [5.41, 5.74) is 1.82. The first-order chi connectivity index (χ1) is 8.11. The molecule has 0 radical (unpaired) electrons. The van der Waals surface area contributed by atoms with E-state index in [1.807, 2.05) is 13.8 Å². The predicted octanol–water partition coefficient (Wildman–Crippen LogP) is 2.36. The maximum absolute atomic E-state index is 6.17. The zero-order chi connectivity index (χ0) is 12.4. The molecule has 0 amide bonds. The number of halogens is 1. The van der Waals surface area contributed by atoms with Gasteiger partial charge in [0.15, 0.2) is 11.0 Å². The second-order valence-corrected chi connectivity index (χ2v) is 4.81. The number of hydrogen-bond donors (Lipinski definition) is 0. The first-order valence-corrected chi connectivity index (χ1v) is 6.28. The van der Waals surface area contributed by atoms with Gasteiger partial charge in [0.25, 0.3) is 0 Å². The second-order valence-electron chi connectivity index (χ2n) is 4.45. The number of ether oxygens (including phenoxy) is 1. The summed E-state index contributed by atoms with van der Waals surface area (Å²) in [4.78, 5) is 11.0. The largest absolute Gasteiger partial charge is 0.380 e. The summed E-state index contributed by atoms with van der Waals surface area (Å²) in [5.74, 6) is 0.788. The quantitative estimate of drug-likeness (QED) is 0.813. The van der Waals surface area contributed by atoms with Gasteiger partial charge in [0, 0.05) is 20.2 Å². The monoisotopic (exact) mass is 255 g/mol. The molecule has 4 nitrogen and oxygen atoms in total. The Labute approximate surface area is 107 Å². The molecule has 1 saturated heterocycles. The molecular formula is C12H18ClN3O. The van der Waals surface area contributed by atoms with Gasteiger partial charge in [-0.3, -0.25) is 0 Å². The molecule has 0 bridgehead atoms. The Morgan fingerprint density at radius 3 is 2.71 bits per heavy atom. The summed E-state index contributed by atoms with van der Waals surface area (Å²) in [7, 11) is 1.75. The molecule has 0 N–H and O–H groups in total. The van der Waals surface area contributed by atoms with Crippen molar-refractivity contribution >= 4 is 17.4 Å². The molecule has 1 fully saturated rings. The van der Waals surface area contributed by atoms with Gasteiger partial charge in [0.05, 0.1) is 17.5 Å². The maximum Gasteiger partial charge on any atom is 0.171 e. The van der Waals surface area contributed by atoms with Gasteiger partial charge in [0.2, 0.25) is 0 Å². The van der Waals surface area contributed by atoms with Gasteiger partial charge in [-0.1, -0.05) is 11.6 Å². The number of hydrogen-bond acceptors (Lipinski definition) is 4. The maximum atomic E-state index is 6.17. The molecule has 0 aliphatic carbocycles. The van der Waals surface area contributed by atoms with Crippen LogP contribution in [0.5, 0.6) is 0 Å². The summed E-state index contributed by atoms with van der Waals surface area (Å²) < 4.78 is 5.40. The van der Waals surface area contributed by atoms with E-state index in [1.54, 1.807) is 7.11 Å². The highest BCUT2D eigenvalue weighted by atomic mass is 35.5. The van der Waals surface area contributed by atoms with Crippen LogP contribution in [-0.2, 0) is 4.74 Å². The third-order valence-corrected chi connectivity index (χ3v) is 3.51. The number of piperidine rings is 1. The van der Waals surface area contributed by atoms with Crippen LogP contribution in [0, 0.1) is 13.8 Å². The van der Waals surface area contributed by atoms with Crippen LogP contribution in [0.2, 0.25) is 5.15 Å². The fourth-order valence-electron chi connectivity index (χ4n) is 2.09. The van der Waals surface area contributed by atoms with Gasteiger partial charge in [-0.25, -0.2) is 9.97 Å². The minimum absolute atomic E-state index is 0.267. The fourth-order valence-corrected chi connectivity index (χ4v) is 2.38. The molecule has 2 rings (SSSR count). The average molecular weight is 256 g/mol. The average Bonchev–Trinajstić information content (AvgIpc) is 2.34. The Kier molecular flexibility index (Phi) is 3.84. The Hall–Kier alpha value is -0.870. The molecule has 2 heterocycles. The topological polar surface area (TPSA) is 38.2 Å². The molecule has 17 heavy (non-hydrogen) atoms. The number of aromatic nitrogens is 2. The summed E-state index contributed by atoms with van der Waals surface area (Å²) >= 11 is 6.17. The minimum atomic E-state index is 0.267. The lowest BCUT2D eigenvalue weighted by Gasteiger charge is -2.33. The molecule has 1 aliphatic rings. The molecule has 0 aromatic carbocycles. The smallest absolute Gasteiger partial charge is 0.171 e. The Morgan fingerprint density at radius 1 is 1.29 bits per heavy atom. The van der Waals surface area contributed by atoms with E-state index >= 15 is 0 Å². The molecule has 94 valence electrons. The van der Waals surface area contributed by atoms with Crippen molar-refractivity contribution in [1.29, 1.82) is 0 Å². The van der Waals surface area contributed by atoms with Crippen LogP contribution in [0.3, 0.4) is 0 Å². The molecule has 5 heteroatoms. The van der Waals surface area contributed by atoms with Gasteiger partial charge in [-0.05, 0) is 26.7 Å². The highest BCUT2D eigenvalue weighted by molar-refractivity contribution is 6.31. The van der Waals surface area contributed by atoms with Crippen molar-refractivity contribution in [2.75, 3.05) is 25.1 Å². The SMILES string of the molecule is COC1CCCN(c2nc(C)c(C)nc2Cl)C1. The van der Waals surface area contributed by atoms with Crippen molar-refractivity contribution < 1.29 is 4.74 Å². The van der Waals surface area contributed by atoms with Gasteiger partial charge in [-0.15, -0.1) is 0 Å². The third kappa shape index (κ3) is 2.69. The number of rotatable bonds is 2. The molecule has 1 aliphatic heterocycles. The van der Waals surface area contributed by atoms with E-state index in [9.17, 15) is 0 Å². The molecule has 1 unspecified atom stereocenters. The molecule has 1 aromatic heterocycles. The van der Waals surface area contributed by atoms with Crippen molar-refractivity contribution in [3.05, 3.63) is 16.5 Å². The van der Waals surface area contributed by atoms with Crippen LogP contribution in [0.25, 0.3) is 0 Å².